The lowest BCUT2D eigenvalue weighted by molar-refractivity contribution is 0.102. The van der Waals surface area contributed by atoms with Gasteiger partial charge in [-0.25, -0.2) is 0 Å². The number of aryl methyl sites for hydroxylation is 4. The first-order valence-electron chi connectivity index (χ1n) is 11.3. The molecule has 5 nitrogen and oxygen atoms in total. The minimum Gasteiger partial charge on any atom is -0.397 e. The summed E-state index contributed by atoms with van der Waals surface area (Å²) in [5.74, 6) is -0.0427. The standard InChI is InChI=1S/C14H11ClN2O.C14H10ClNO/c15-10-3-4-12-8(5-10)1-2-9-6-11(16)7-17-13(9)14(12)18;15-11-5-6-12-10(8-11)4-3-9-2-1-7-16-13(9)14(12)17/h3-7H,1-2,16H2;1-2,5-8H,3-4H2. The van der Waals surface area contributed by atoms with Gasteiger partial charge in [0.15, 0.2) is 0 Å². The molecule has 174 valence electrons. The number of fused-ring (bicyclic) bond motifs is 4. The summed E-state index contributed by atoms with van der Waals surface area (Å²) in [6.45, 7) is 0. The fraction of sp³-hybridized carbons (Fsp3) is 0.143. The summed E-state index contributed by atoms with van der Waals surface area (Å²) in [5.41, 5.74) is 12.7. The lowest BCUT2D eigenvalue weighted by Crippen LogP contribution is -2.07. The molecule has 2 aromatic heterocycles. The van der Waals surface area contributed by atoms with Crippen LogP contribution in [-0.4, -0.2) is 21.5 Å². The molecule has 0 fully saturated rings. The van der Waals surface area contributed by atoms with Crippen molar-refractivity contribution in [2.75, 3.05) is 5.73 Å². The minimum absolute atomic E-state index is 0.00441. The third-order valence-electron chi connectivity index (χ3n) is 6.26. The molecule has 0 spiro atoms. The van der Waals surface area contributed by atoms with E-state index in [1.54, 1.807) is 30.5 Å². The van der Waals surface area contributed by atoms with E-state index in [4.69, 9.17) is 28.9 Å². The number of ketones is 2. The van der Waals surface area contributed by atoms with E-state index in [9.17, 15) is 9.59 Å². The number of nitrogen functional groups attached to an aromatic ring is 1. The largest absolute Gasteiger partial charge is 0.397 e. The number of nitrogens with zero attached hydrogens (tertiary/aromatic N) is 2. The third kappa shape index (κ3) is 4.70. The highest BCUT2D eigenvalue weighted by Gasteiger charge is 2.23. The van der Waals surface area contributed by atoms with Crippen LogP contribution in [-0.2, 0) is 25.7 Å². The second-order valence-corrected chi connectivity index (χ2v) is 9.42. The highest BCUT2D eigenvalue weighted by Crippen LogP contribution is 2.27. The van der Waals surface area contributed by atoms with Gasteiger partial charge in [0.1, 0.15) is 11.4 Å². The van der Waals surface area contributed by atoms with Crippen LogP contribution in [0.1, 0.15) is 54.4 Å². The van der Waals surface area contributed by atoms with Crippen molar-refractivity contribution in [1.82, 2.24) is 9.97 Å². The molecular weight excluding hydrogens is 481 g/mol. The molecule has 0 saturated heterocycles. The Morgan fingerprint density at radius 1 is 0.657 bits per heavy atom. The SMILES string of the molecule is Nc1cnc2c(c1)CCc1cc(Cl)ccc1C2=O.O=C1c2ccc(Cl)cc2CCc2cccnc21. The van der Waals surface area contributed by atoms with Crippen LogP contribution in [0.3, 0.4) is 0 Å². The van der Waals surface area contributed by atoms with Crippen LogP contribution in [0.2, 0.25) is 10.0 Å². The van der Waals surface area contributed by atoms with Gasteiger partial charge in [-0.15, -0.1) is 0 Å². The molecule has 0 radical (unpaired) electrons. The van der Waals surface area contributed by atoms with E-state index in [2.05, 4.69) is 9.97 Å². The van der Waals surface area contributed by atoms with Crippen molar-refractivity contribution < 1.29 is 9.59 Å². The van der Waals surface area contributed by atoms with Gasteiger partial charge in [-0.2, -0.15) is 0 Å². The van der Waals surface area contributed by atoms with Crippen LogP contribution >= 0.6 is 23.2 Å². The average Bonchev–Trinajstić information content (AvgIpc) is 3.08. The van der Waals surface area contributed by atoms with E-state index in [0.29, 0.717) is 32.7 Å². The Bertz CT molecular complexity index is 1430. The maximum Gasteiger partial charge on any atom is 0.211 e. The molecule has 0 unspecified atom stereocenters. The molecule has 2 N–H and O–H groups in total. The van der Waals surface area contributed by atoms with Crippen LogP contribution in [0.25, 0.3) is 0 Å². The molecule has 35 heavy (non-hydrogen) atoms. The number of carbonyl (C=O) groups is 2. The Hall–Kier alpha value is -3.54. The summed E-state index contributed by atoms with van der Waals surface area (Å²) < 4.78 is 0. The highest BCUT2D eigenvalue weighted by molar-refractivity contribution is 6.31. The highest BCUT2D eigenvalue weighted by atomic mass is 35.5. The Morgan fingerprint density at radius 2 is 1.20 bits per heavy atom. The molecular formula is C28H21Cl2N3O2. The Balaban J connectivity index is 0.000000145. The molecule has 2 aliphatic carbocycles. The van der Waals surface area contributed by atoms with Crippen molar-refractivity contribution in [3.63, 3.8) is 0 Å². The fourth-order valence-electron chi connectivity index (χ4n) is 4.54. The van der Waals surface area contributed by atoms with Gasteiger partial charge in [-0.05, 0) is 96.5 Å². The number of hydrogen-bond acceptors (Lipinski definition) is 5. The molecule has 0 bridgehead atoms. The number of carbonyl (C=O) groups excluding carboxylic acids is 2. The molecule has 2 aromatic carbocycles. The number of pyridine rings is 2. The Kier molecular flexibility index (Phi) is 6.37. The molecule has 2 heterocycles. The summed E-state index contributed by atoms with van der Waals surface area (Å²) in [4.78, 5) is 33.1. The molecule has 6 rings (SSSR count). The van der Waals surface area contributed by atoms with E-state index in [1.165, 1.54) is 6.20 Å². The van der Waals surface area contributed by atoms with E-state index < -0.39 is 0 Å². The third-order valence-corrected chi connectivity index (χ3v) is 6.73. The van der Waals surface area contributed by atoms with E-state index in [0.717, 1.165) is 53.5 Å². The van der Waals surface area contributed by atoms with Crippen LogP contribution in [0.4, 0.5) is 5.69 Å². The lowest BCUT2D eigenvalue weighted by atomic mass is 10.0. The first-order valence-corrected chi connectivity index (χ1v) is 12.0. The summed E-state index contributed by atoms with van der Waals surface area (Å²) in [6, 6.07) is 16.4. The van der Waals surface area contributed by atoms with Gasteiger partial charge < -0.3 is 5.73 Å². The van der Waals surface area contributed by atoms with Crippen molar-refractivity contribution in [1.29, 1.82) is 0 Å². The number of nitrogens with two attached hydrogens (primary N) is 1. The first-order chi connectivity index (χ1) is 16.9. The van der Waals surface area contributed by atoms with E-state index >= 15 is 0 Å². The zero-order chi connectivity index (χ0) is 24.5. The zero-order valence-electron chi connectivity index (χ0n) is 18.7. The zero-order valence-corrected chi connectivity index (χ0v) is 20.2. The monoisotopic (exact) mass is 501 g/mol. The second kappa shape index (κ2) is 9.61. The summed E-state index contributed by atoms with van der Waals surface area (Å²) >= 11 is 11.9. The molecule has 0 atom stereocenters. The summed E-state index contributed by atoms with van der Waals surface area (Å²) in [7, 11) is 0. The molecule has 2 aliphatic rings. The summed E-state index contributed by atoms with van der Waals surface area (Å²) in [5, 5.41) is 1.33. The normalized spacial score (nSPS) is 13.8. The smallest absolute Gasteiger partial charge is 0.211 e. The van der Waals surface area contributed by atoms with Crippen LogP contribution in [0.5, 0.6) is 0 Å². The molecule has 0 aliphatic heterocycles. The predicted octanol–water partition coefficient (Wildman–Crippen LogP) is 5.71. The fourth-order valence-corrected chi connectivity index (χ4v) is 4.93. The average molecular weight is 502 g/mol. The van der Waals surface area contributed by atoms with Crippen molar-refractivity contribution in [2.45, 2.75) is 25.7 Å². The topological polar surface area (TPSA) is 85.9 Å². The minimum atomic E-state index is -0.0471. The van der Waals surface area contributed by atoms with Gasteiger partial charge in [0, 0.05) is 27.4 Å². The first kappa shape index (κ1) is 23.2. The van der Waals surface area contributed by atoms with Gasteiger partial charge in [0.25, 0.3) is 0 Å². The van der Waals surface area contributed by atoms with Gasteiger partial charge in [-0.1, -0.05) is 29.3 Å². The Morgan fingerprint density at radius 3 is 1.83 bits per heavy atom. The predicted molar refractivity (Wildman–Crippen MR) is 137 cm³/mol. The molecule has 0 amide bonds. The number of aromatic nitrogens is 2. The molecule has 7 heteroatoms. The maximum absolute atomic E-state index is 12.4. The van der Waals surface area contributed by atoms with Crippen molar-refractivity contribution >= 4 is 40.5 Å². The number of rotatable bonds is 0. The Labute approximate surface area is 212 Å². The van der Waals surface area contributed by atoms with Crippen molar-refractivity contribution in [2.24, 2.45) is 0 Å². The molecule has 4 aromatic rings. The van der Waals surface area contributed by atoms with Gasteiger partial charge >= 0.3 is 0 Å². The lowest BCUT2D eigenvalue weighted by Gasteiger charge is -2.04. The van der Waals surface area contributed by atoms with Crippen LogP contribution in [0, 0.1) is 0 Å². The number of anilines is 1. The van der Waals surface area contributed by atoms with E-state index in [-0.39, 0.29) is 11.6 Å². The number of hydrogen-bond donors (Lipinski definition) is 1. The van der Waals surface area contributed by atoms with Gasteiger partial charge in [-0.3, -0.25) is 19.6 Å². The van der Waals surface area contributed by atoms with Gasteiger partial charge in [0.2, 0.25) is 11.6 Å². The molecule has 0 saturated carbocycles. The maximum atomic E-state index is 12.4. The second-order valence-electron chi connectivity index (χ2n) is 8.55. The van der Waals surface area contributed by atoms with Crippen molar-refractivity contribution in [3.05, 3.63) is 122 Å². The van der Waals surface area contributed by atoms with Crippen LogP contribution in [0.15, 0.2) is 67.0 Å². The number of benzene rings is 2. The summed E-state index contributed by atoms with van der Waals surface area (Å²) in [6.07, 6.45) is 6.39. The van der Waals surface area contributed by atoms with Gasteiger partial charge in [0.05, 0.1) is 11.9 Å². The van der Waals surface area contributed by atoms with E-state index in [1.807, 2.05) is 30.3 Å². The number of halogens is 2. The van der Waals surface area contributed by atoms with Crippen molar-refractivity contribution in [3.8, 4) is 0 Å². The van der Waals surface area contributed by atoms with Crippen LogP contribution < -0.4 is 5.73 Å². The quantitative estimate of drug-likeness (QED) is 0.333.